The number of hydrogen-bond acceptors (Lipinski definition) is 6. The molecule has 30 heavy (non-hydrogen) atoms. The lowest BCUT2D eigenvalue weighted by Gasteiger charge is -2.18. The van der Waals surface area contributed by atoms with E-state index in [1.54, 1.807) is 12.1 Å². The van der Waals surface area contributed by atoms with Crippen LogP contribution in [0.4, 0.5) is 10.5 Å². The van der Waals surface area contributed by atoms with Crippen LogP contribution in [-0.4, -0.2) is 49.6 Å². The zero-order chi connectivity index (χ0) is 20.5. The van der Waals surface area contributed by atoms with Crippen LogP contribution < -0.4 is 10.6 Å². The SMILES string of the molecule is O=C(Nc1cccc2ccccc12)O[C@@H]1CO[C@H]2[C@@H]1OC[C@@H]2NC(=O)c1ccco1. The smallest absolute Gasteiger partial charge is 0.412 e. The van der Waals surface area contributed by atoms with Crippen molar-refractivity contribution >= 4 is 28.5 Å². The standard InChI is InChI=1S/C22H20N2O6/c25-21(17-9-4-10-27-17)23-16-11-28-20-18(12-29-19(16)20)30-22(26)24-15-8-3-6-13-5-1-2-7-14(13)15/h1-10,16,18-20H,11-12H2,(H,23,25)(H,24,26)/t16-,18+,19+,20+/m0/s1. The van der Waals surface area contributed by atoms with Gasteiger partial charge in [0, 0.05) is 5.39 Å². The molecule has 2 saturated heterocycles. The molecule has 0 saturated carbocycles. The average Bonchev–Trinajstić information content (AvgIpc) is 3.49. The maximum absolute atomic E-state index is 12.5. The third-order valence-electron chi connectivity index (χ3n) is 5.35. The summed E-state index contributed by atoms with van der Waals surface area (Å²) >= 11 is 0. The minimum atomic E-state index is -0.577. The third kappa shape index (κ3) is 3.51. The van der Waals surface area contributed by atoms with Crippen LogP contribution in [0.5, 0.6) is 0 Å². The van der Waals surface area contributed by atoms with E-state index in [1.807, 2.05) is 42.5 Å². The van der Waals surface area contributed by atoms with E-state index in [2.05, 4.69) is 10.6 Å². The van der Waals surface area contributed by atoms with Crippen molar-refractivity contribution in [2.75, 3.05) is 18.5 Å². The van der Waals surface area contributed by atoms with Gasteiger partial charge in [0.2, 0.25) is 0 Å². The van der Waals surface area contributed by atoms with E-state index in [1.165, 1.54) is 6.26 Å². The van der Waals surface area contributed by atoms with Crippen LogP contribution in [0.1, 0.15) is 10.6 Å². The molecule has 0 radical (unpaired) electrons. The van der Waals surface area contributed by atoms with E-state index in [0.717, 1.165) is 10.8 Å². The Kier molecular flexibility index (Phi) is 4.86. The molecule has 0 spiro atoms. The van der Waals surface area contributed by atoms with Gasteiger partial charge in [0.05, 0.1) is 31.2 Å². The van der Waals surface area contributed by atoms with Crippen LogP contribution in [0.2, 0.25) is 0 Å². The fourth-order valence-electron chi connectivity index (χ4n) is 3.95. The third-order valence-corrected chi connectivity index (χ3v) is 5.35. The lowest BCUT2D eigenvalue weighted by Crippen LogP contribution is -2.44. The topological polar surface area (TPSA) is 99.0 Å². The molecule has 3 aromatic rings. The summed E-state index contributed by atoms with van der Waals surface area (Å²) in [6.45, 7) is 0.470. The molecule has 0 aliphatic carbocycles. The number of rotatable bonds is 4. The second-order valence-corrected chi connectivity index (χ2v) is 7.25. The molecule has 8 heteroatoms. The molecule has 5 rings (SSSR count). The summed E-state index contributed by atoms with van der Waals surface area (Å²) in [5.74, 6) is -0.116. The number of hydrogen-bond donors (Lipinski definition) is 2. The summed E-state index contributed by atoms with van der Waals surface area (Å²) in [4.78, 5) is 24.7. The molecule has 2 N–H and O–H groups in total. The van der Waals surface area contributed by atoms with Gasteiger partial charge in [0.15, 0.2) is 11.9 Å². The van der Waals surface area contributed by atoms with Gasteiger partial charge in [0.25, 0.3) is 5.91 Å². The van der Waals surface area contributed by atoms with Gasteiger partial charge in [-0.3, -0.25) is 10.1 Å². The molecule has 3 heterocycles. The molecule has 2 fully saturated rings. The van der Waals surface area contributed by atoms with Gasteiger partial charge in [-0.1, -0.05) is 36.4 Å². The van der Waals surface area contributed by atoms with E-state index >= 15 is 0 Å². The van der Waals surface area contributed by atoms with Crippen LogP contribution in [0.3, 0.4) is 0 Å². The molecule has 4 atom stereocenters. The minimum absolute atomic E-state index is 0.200. The summed E-state index contributed by atoms with van der Waals surface area (Å²) in [5, 5.41) is 7.60. The number of amides is 2. The Bertz CT molecular complexity index is 1060. The number of fused-ring (bicyclic) bond motifs is 2. The maximum Gasteiger partial charge on any atom is 0.412 e. The van der Waals surface area contributed by atoms with Gasteiger partial charge < -0.3 is 23.9 Å². The summed E-state index contributed by atoms with van der Waals surface area (Å²) in [5.41, 5.74) is 0.671. The van der Waals surface area contributed by atoms with Crippen molar-refractivity contribution in [2.45, 2.75) is 24.4 Å². The average molecular weight is 408 g/mol. The van der Waals surface area contributed by atoms with Crippen molar-refractivity contribution in [3.05, 3.63) is 66.6 Å². The van der Waals surface area contributed by atoms with Crippen molar-refractivity contribution in [1.29, 1.82) is 0 Å². The van der Waals surface area contributed by atoms with Crippen LogP contribution in [0.15, 0.2) is 65.3 Å². The maximum atomic E-state index is 12.5. The predicted molar refractivity (Wildman–Crippen MR) is 107 cm³/mol. The Morgan fingerprint density at radius 1 is 0.933 bits per heavy atom. The Morgan fingerprint density at radius 3 is 2.63 bits per heavy atom. The first-order valence-corrected chi connectivity index (χ1v) is 9.72. The predicted octanol–water partition coefficient (Wildman–Crippen LogP) is 2.95. The number of nitrogens with one attached hydrogen (secondary N) is 2. The van der Waals surface area contributed by atoms with E-state index in [9.17, 15) is 9.59 Å². The van der Waals surface area contributed by atoms with Crippen molar-refractivity contribution in [3.8, 4) is 0 Å². The number of ether oxygens (including phenoxy) is 3. The van der Waals surface area contributed by atoms with Crippen molar-refractivity contribution < 1.29 is 28.2 Å². The highest BCUT2D eigenvalue weighted by Gasteiger charge is 2.50. The number of benzene rings is 2. The number of anilines is 1. The van der Waals surface area contributed by atoms with Crippen molar-refractivity contribution in [1.82, 2.24) is 5.32 Å². The normalized spacial score (nSPS) is 25.1. The molecular weight excluding hydrogens is 388 g/mol. The largest absolute Gasteiger partial charge is 0.459 e. The molecule has 8 nitrogen and oxygen atoms in total. The first-order valence-electron chi connectivity index (χ1n) is 9.72. The van der Waals surface area contributed by atoms with Gasteiger partial charge >= 0.3 is 6.09 Å². The first-order chi connectivity index (χ1) is 14.7. The van der Waals surface area contributed by atoms with Gasteiger partial charge in [-0.2, -0.15) is 0 Å². The van der Waals surface area contributed by atoms with Crippen LogP contribution in [-0.2, 0) is 14.2 Å². The Hall–Kier alpha value is -3.36. The first kappa shape index (κ1) is 18.7. The van der Waals surface area contributed by atoms with Gasteiger partial charge in [-0.15, -0.1) is 0 Å². The minimum Gasteiger partial charge on any atom is -0.459 e. The fraction of sp³-hybridized carbons (Fsp3) is 0.273. The molecule has 2 aromatic carbocycles. The van der Waals surface area contributed by atoms with Crippen LogP contribution in [0, 0.1) is 0 Å². The monoisotopic (exact) mass is 408 g/mol. The summed E-state index contributed by atoms with van der Waals surface area (Å²) in [6.07, 6.45) is -0.528. The Morgan fingerprint density at radius 2 is 1.77 bits per heavy atom. The molecule has 154 valence electrons. The lowest BCUT2D eigenvalue weighted by atomic mass is 10.1. The Balaban J connectivity index is 1.21. The second kappa shape index (κ2) is 7.81. The molecule has 2 amide bonds. The van der Waals surface area contributed by atoms with E-state index in [4.69, 9.17) is 18.6 Å². The molecule has 0 bridgehead atoms. The number of furan rings is 1. The highest BCUT2D eigenvalue weighted by Crippen LogP contribution is 2.30. The van der Waals surface area contributed by atoms with Gasteiger partial charge in [-0.05, 0) is 23.6 Å². The molecule has 1 aromatic heterocycles. The van der Waals surface area contributed by atoms with Gasteiger partial charge in [-0.25, -0.2) is 4.79 Å². The van der Waals surface area contributed by atoms with Crippen molar-refractivity contribution in [3.63, 3.8) is 0 Å². The van der Waals surface area contributed by atoms with Gasteiger partial charge in [0.1, 0.15) is 12.2 Å². The summed E-state index contributed by atoms with van der Waals surface area (Å²) < 4.78 is 22.2. The van der Waals surface area contributed by atoms with E-state index in [0.29, 0.717) is 5.69 Å². The lowest BCUT2D eigenvalue weighted by molar-refractivity contribution is 0.00861. The molecule has 2 aliphatic heterocycles. The quantitative estimate of drug-likeness (QED) is 0.689. The summed E-state index contributed by atoms with van der Waals surface area (Å²) in [6, 6.07) is 16.3. The zero-order valence-electron chi connectivity index (χ0n) is 15.9. The molecule has 2 aliphatic rings. The van der Waals surface area contributed by atoms with Crippen LogP contribution in [0.25, 0.3) is 10.8 Å². The second-order valence-electron chi connectivity index (χ2n) is 7.25. The van der Waals surface area contributed by atoms with Crippen LogP contribution >= 0.6 is 0 Å². The number of carbonyl (C=O) groups is 2. The highest BCUT2D eigenvalue weighted by molar-refractivity contribution is 6.00. The molecule has 0 unspecified atom stereocenters. The Labute approximate surface area is 172 Å². The number of carbonyl (C=O) groups excluding carboxylic acids is 2. The van der Waals surface area contributed by atoms with Crippen molar-refractivity contribution in [2.24, 2.45) is 0 Å². The van der Waals surface area contributed by atoms with E-state index in [-0.39, 0.29) is 37.0 Å². The summed E-state index contributed by atoms with van der Waals surface area (Å²) in [7, 11) is 0. The zero-order valence-corrected chi connectivity index (χ0v) is 15.9. The molecular formula is C22H20N2O6. The van der Waals surface area contributed by atoms with E-state index < -0.39 is 18.3 Å². The fourth-order valence-corrected chi connectivity index (χ4v) is 3.95. The highest BCUT2D eigenvalue weighted by atomic mass is 16.6.